The van der Waals surface area contributed by atoms with Crippen LogP contribution in [0.3, 0.4) is 0 Å². The Morgan fingerprint density at radius 1 is 1.19 bits per heavy atom. The second-order valence-electron chi connectivity index (χ2n) is 7.67. The van der Waals surface area contributed by atoms with Gasteiger partial charge in [0.05, 0.1) is 29.5 Å². The molecule has 1 aliphatic rings. The first-order valence-corrected chi connectivity index (χ1v) is 12.6. The van der Waals surface area contributed by atoms with Gasteiger partial charge in [-0.2, -0.15) is 13.2 Å². The van der Waals surface area contributed by atoms with E-state index < -0.39 is 22.2 Å². The Balaban J connectivity index is 0.000000604. The highest BCUT2D eigenvalue weighted by molar-refractivity contribution is 7.92. The fourth-order valence-corrected chi connectivity index (χ4v) is 4.15. The van der Waals surface area contributed by atoms with Gasteiger partial charge < -0.3 is 25.4 Å². The number of rotatable bonds is 8. The number of methoxy groups -OCH3 is 1. The molecule has 2 heterocycles. The second-order valence-corrected chi connectivity index (χ2v) is 9.35. The molecule has 0 atom stereocenters. The Bertz CT molecular complexity index is 1170. The van der Waals surface area contributed by atoms with E-state index in [9.17, 15) is 26.4 Å². The van der Waals surface area contributed by atoms with E-state index in [1.807, 2.05) is 11.8 Å². The number of aliphatic carboxylic acids is 1. The van der Waals surface area contributed by atoms with Crippen molar-refractivity contribution < 1.29 is 41.0 Å². The lowest BCUT2D eigenvalue weighted by molar-refractivity contribution is -0.192. The van der Waals surface area contributed by atoms with Crippen LogP contribution in [0, 0.1) is 0 Å². The van der Waals surface area contributed by atoms with Gasteiger partial charge in [0.15, 0.2) is 0 Å². The number of nitrogens with zero attached hydrogens (tertiary/aromatic N) is 2. The predicted molar refractivity (Wildman–Crippen MR) is 129 cm³/mol. The lowest BCUT2D eigenvalue weighted by atomic mass is 10.2. The molecule has 0 radical (unpaired) electrons. The molecular weight excluding hydrogens is 519 g/mol. The number of alkyl halides is 3. The minimum atomic E-state index is -5.08. The maximum atomic E-state index is 12.7. The number of hydrogen-bond acceptors (Lipinski definition) is 8. The van der Waals surface area contributed by atoms with Gasteiger partial charge in [-0.15, -0.1) is 0 Å². The Morgan fingerprint density at radius 3 is 2.30 bits per heavy atom. The summed E-state index contributed by atoms with van der Waals surface area (Å²) in [5, 5.41) is 13.2. The first kappa shape index (κ1) is 29.6. The van der Waals surface area contributed by atoms with Crippen molar-refractivity contribution in [3.63, 3.8) is 0 Å². The van der Waals surface area contributed by atoms with Crippen molar-refractivity contribution in [1.82, 2.24) is 15.6 Å². The van der Waals surface area contributed by atoms with Gasteiger partial charge in [0.2, 0.25) is 0 Å². The molecule has 37 heavy (non-hydrogen) atoms. The number of amides is 1. The third-order valence-electron chi connectivity index (χ3n) is 4.93. The molecule has 3 rings (SSSR count). The SMILES string of the molecule is CCCNC(=O)c1cc(NS(=O)(=O)c2ccc(OC)cc2)cnc1N1CCNCC1.O=C(O)C(F)(F)F. The van der Waals surface area contributed by atoms with Gasteiger partial charge in [0.25, 0.3) is 15.9 Å². The number of carboxylic acid groups (broad SMARTS) is 1. The van der Waals surface area contributed by atoms with Crippen LogP contribution in [0.1, 0.15) is 23.7 Å². The van der Waals surface area contributed by atoms with Crippen molar-refractivity contribution in [3.8, 4) is 5.75 Å². The number of halogens is 3. The highest BCUT2D eigenvalue weighted by Crippen LogP contribution is 2.24. The molecule has 4 N–H and O–H groups in total. The van der Waals surface area contributed by atoms with E-state index in [1.54, 1.807) is 12.1 Å². The summed E-state index contributed by atoms with van der Waals surface area (Å²) in [6, 6.07) is 7.60. The minimum Gasteiger partial charge on any atom is -0.497 e. The molecule has 0 unspecified atom stereocenters. The van der Waals surface area contributed by atoms with Gasteiger partial charge in [-0.3, -0.25) is 9.52 Å². The zero-order chi connectivity index (χ0) is 27.6. The Kier molecular flexibility index (Phi) is 10.5. The maximum absolute atomic E-state index is 12.7. The molecule has 0 aliphatic carbocycles. The summed E-state index contributed by atoms with van der Waals surface area (Å²) in [5.41, 5.74) is 0.576. The zero-order valence-corrected chi connectivity index (χ0v) is 20.9. The lowest BCUT2D eigenvalue weighted by Crippen LogP contribution is -2.44. The standard InChI is InChI=1S/C20H27N5O4S.C2HF3O2/c1-3-8-22-20(26)18-13-15(14-23-19(18)25-11-9-21-10-12-25)24-30(27,28)17-6-4-16(29-2)5-7-17;3-2(4,5)1(6)7/h4-7,13-14,21,24H,3,8-12H2,1-2H3,(H,22,26);(H,6,7). The van der Waals surface area contributed by atoms with Gasteiger partial charge in [-0.05, 0) is 36.8 Å². The van der Waals surface area contributed by atoms with Gasteiger partial charge in [0.1, 0.15) is 11.6 Å². The molecule has 1 saturated heterocycles. The van der Waals surface area contributed by atoms with Crippen LogP contribution in [-0.4, -0.2) is 76.4 Å². The van der Waals surface area contributed by atoms with Crippen molar-refractivity contribution in [3.05, 3.63) is 42.1 Å². The number of sulfonamides is 1. The van der Waals surface area contributed by atoms with Gasteiger partial charge >= 0.3 is 12.1 Å². The third kappa shape index (κ3) is 8.78. The van der Waals surface area contributed by atoms with E-state index in [2.05, 4.69) is 20.3 Å². The fraction of sp³-hybridized carbons (Fsp3) is 0.409. The molecule has 204 valence electrons. The molecule has 1 aromatic heterocycles. The zero-order valence-electron chi connectivity index (χ0n) is 20.1. The number of pyridine rings is 1. The Morgan fingerprint density at radius 2 is 1.78 bits per heavy atom. The first-order chi connectivity index (χ1) is 17.4. The van der Waals surface area contributed by atoms with Crippen LogP contribution in [-0.2, 0) is 14.8 Å². The number of benzene rings is 1. The van der Waals surface area contributed by atoms with Crippen molar-refractivity contribution >= 4 is 33.4 Å². The molecule has 0 bridgehead atoms. The number of piperazine rings is 1. The van der Waals surface area contributed by atoms with Crippen LogP contribution >= 0.6 is 0 Å². The highest BCUT2D eigenvalue weighted by atomic mass is 32.2. The largest absolute Gasteiger partial charge is 0.497 e. The average molecular weight is 548 g/mol. The number of carbonyl (C=O) groups is 2. The molecule has 15 heteroatoms. The van der Waals surface area contributed by atoms with E-state index >= 15 is 0 Å². The third-order valence-corrected chi connectivity index (χ3v) is 6.33. The molecule has 1 aromatic carbocycles. The van der Waals surface area contributed by atoms with Crippen molar-refractivity contribution in [2.24, 2.45) is 0 Å². The molecule has 1 fully saturated rings. The van der Waals surface area contributed by atoms with Crippen molar-refractivity contribution in [2.45, 2.75) is 24.4 Å². The van der Waals surface area contributed by atoms with E-state index in [4.69, 9.17) is 14.6 Å². The Hall–Kier alpha value is -3.59. The van der Waals surface area contributed by atoms with Crippen LogP contribution in [0.5, 0.6) is 5.75 Å². The van der Waals surface area contributed by atoms with E-state index in [0.717, 1.165) is 32.6 Å². The van der Waals surface area contributed by atoms with Crippen molar-refractivity contribution in [1.29, 1.82) is 0 Å². The summed E-state index contributed by atoms with van der Waals surface area (Å²) in [6.07, 6.45) is -2.85. The molecular formula is C22H28F3N5O6S. The van der Waals surface area contributed by atoms with Crippen LogP contribution < -0.4 is 25.0 Å². The van der Waals surface area contributed by atoms with E-state index in [1.165, 1.54) is 31.5 Å². The minimum absolute atomic E-state index is 0.0893. The summed E-state index contributed by atoms with van der Waals surface area (Å²) in [5.74, 6) is -1.92. The summed E-state index contributed by atoms with van der Waals surface area (Å²) < 4.78 is 64.8. The predicted octanol–water partition coefficient (Wildman–Crippen LogP) is 2.07. The van der Waals surface area contributed by atoms with E-state index in [0.29, 0.717) is 23.7 Å². The van der Waals surface area contributed by atoms with E-state index in [-0.39, 0.29) is 16.5 Å². The average Bonchev–Trinajstić information content (AvgIpc) is 2.87. The smallest absolute Gasteiger partial charge is 0.490 e. The summed E-state index contributed by atoms with van der Waals surface area (Å²) in [4.78, 5) is 28.2. The maximum Gasteiger partial charge on any atom is 0.490 e. The van der Waals surface area contributed by atoms with Gasteiger partial charge in [-0.1, -0.05) is 6.92 Å². The molecule has 0 spiro atoms. The number of anilines is 2. The monoisotopic (exact) mass is 547 g/mol. The molecule has 1 amide bonds. The second kappa shape index (κ2) is 13.1. The summed E-state index contributed by atoms with van der Waals surface area (Å²) in [6.45, 7) is 5.53. The topological polar surface area (TPSA) is 150 Å². The van der Waals surface area contributed by atoms with Crippen molar-refractivity contribution in [2.75, 3.05) is 49.5 Å². The highest BCUT2D eigenvalue weighted by Gasteiger charge is 2.38. The Labute approximate surface area is 212 Å². The number of nitrogens with one attached hydrogen (secondary N) is 3. The summed E-state index contributed by atoms with van der Waals surface area (Å²) in [7, 11) is -2.32. The van der Waals surface area contributed by atoms with Crippen LogP contribution in [0.25, 0.3) is 0 Å². The normalized spacial score (nSPS) is 13.7. The van der Waals surface area contributed by atoms with Crippen LogP contribution in [0.15, 0.2) is 41.4 Å². The quantitative estimate of drug-likeness (QED) is 0.390. The van der Waals surface area contributed by atoms with Crippen LogP contribution in [0.2, 0.25) is 0 Å². The fourth-order valence-electron chi connectivity index (χ4n) is 3.11. The molecule has 1 aliphatic heterocycles. The van der Waals surface area contributed by atoms with Gasteiger partial charge in [0, 0.05) is 32.7 Å². The molecule has 2 aromatic rings. The molecule has 11 nitrogen and oxygen atoms in total. The van der Waals surface area contributed by atoms with Crippen LogP contribution in [0.4, 0.5) is 24.7 Å². The first-order valence-electron chi connectivity index (χ1n) is 11.1. The molecule has 0 saturated carbocycles. The van der Waals surface area contributed by atoms with Gasteiger partial charge in [-0.25, -0.2) is 18.2 Å². The summed E-state index contributed by atoms with van der Waals surface area (Å²) >= 11 is 0. The number of aromatic nitrogens is 1. The number of ether oxygens (including phenoxy) is 1. The number of carboxylic acids is 1. The number of carbonyl (C=O) groups excluding carboxylic acids is 1. The lowest BCUT2D eigenvalue weighted by Gasteiger charge is -2.30. The number of hydrogen-bond donors (Lipinski definition) is 4.